The van der Waals surface area contributed by atoms with Gasteiger partial charge in [-0.1, -0.05) is 20.8 Å². The van der Waals surface area contributed by atoms with Crippen molar-refractivity contribution in [1.82, 2.24) is 0 Å². The summed E-state index contributed by atoms with van der Waals surface area (Å²) < 4.78 is 28.6. The summed E-state index contributed by atoms with van der Waals surface area (Å²) in [6.07, 6.45) is 0.933. The van der Waals surface area contributed by atoms with Crippen LogP contribution in [0.1, 0.15) is 38.3 Å². The Bertz CT molecular complexity index is 534. The lowest BCUT2D eigenvalue weighted by Gasteiger charge is -2.18. The van der Waals surface area contributed by atoms with Crippen molar-refractivity contribution in [3.63, 3.8) is 0 Å². The molecule has 108 valence electrons. The van der Waals surface area contributed by atoms with Crippen LogP contribution in [0.3, 0.4) is 0 Å². The van der Waals surface area contributed by atoms with Gasteiger partial charge in [-0.15, -0.1) is 0 Å². The van der Waals surface area contributed by atoms with E-state index in [2.05, 4.69) is 20.8 Å². The normalized spacial score (nSPS) is 12.5. The quantitative estimate of drug-likeness (QED) is 0.924. The first-order chi connectivity index (χ1) is 8.50. The number of nitrogens with two attached hydrogens (primary N) is 1. The number of hydrogen-bond acceptors (Lipinski definition) is 3. The molecule has 0 aliphatic rings. The zero-order valence-electron chi connectivity index (χ0n) is 12.3. The smallest absolute Gasteiger partial charge is 0.238 e. The molecule has 19 heavy (non-hydrogen) atoms. The van der Waals surface area contributed by atoms with Crippen LogP contribution >= 0.6 is 0 Å². The molecular weight excluding hydrogens is 262 g/mol. The van der Waals surface area contributed by atoms with Crippen molar-refractivity contribution in [2.45, 2.75) is 45.9 Å². The number of ether oxygens (including phenoxy) is 1. The Kier molecular flexibility index (Phi) is 4.63. The number of sulfonamides is 1. The maximum atomic E-state index is 11.5. The van der Waals surface area contributed by atoms with Crippen molar-refractivity contribution in [2.24, 2.45) is 10.6 Å². The molecule has 0 aliphatic carbocycles. The Morgan fingerprint density at radius 2 is 1.63 bits per heavy atom. The molecular formula is C14H23NO3S. The van der Waals surface area contributed by atoms with Crippen molar-refractivity contribution in [2.75, 3.05) is 6.61 Å². The SMILES string of the molecule is Cc1cc(OCCC(C)(C)C)cc(C)c1S(N)(=O)=O. The first-order valence-corrected chi connectivity index (χ1v) is 7.82. The van der Waals surface area contributed by atoms with Crippen molar-refractivity contribution >= 4 is 10.0 Å². The molecule has 0 radical (unpaired) electrons. The molecule has 0 fully saturated rings. The monoisotopic (exact) mass is 285 g/mol. The van der Waals surface area contributed by atoms with E-state index in [4.69, 9.17) is 9.88 Å². The van der Waals surface area contributed by atoms with Crippen LogP contribution in [0.2, 0.25) is 0 Å². The van der Waals surface area contributed by atoms with Crippen molar-refractivity contribution in [3.05, 3.63) is 23.3 Å². The van der Waals surface area contributed by atoms with Crippen LogP contribution in [0.4, 0.5) is 0 Å². The highest BCUT2D eigenvalue weighted by atomic mass is 32.2. The molecule has 0 saturated carbocycles. The van der Waals surface area contributed by atoms with Crippen LogP contribution in [0, 0.1) is 19.3 Å². The van der Waals surface area contributed by atoms with E-state index in [1.165, 1.54) is 0 Å². The van der Waals surface area contributed by atoms with Gasteiger partial charge in [-0.2, -0.15) is 0 Å². The van der Waals surface area contributed by atoms with Gasteiger partial charge in [0.15, 0.2) is 0 Å². The van der Waals surface area contributed by atoms with Gasteiger partial charge in [-0.3, -0.25) is 0 Å². The number of benzene rings is 1. The largest absolute Gasteiger partial charge is 0.494 e. The first-order valence-electron chi connectivity index (χ1n) is 6.27. The molecule has 0 atom stereocenters. The minimum atomic E-state index is -3.68. The molecule has 0 spiro atoms. The van der Waals surface area contributed by atoms with Gasteiger partial charge >= 0.3 is 0 Å². The van der Waals surface area contributed by atoms with E-state index < -0.39 is 10.0 Å². The molecule has 2 N–H and O–H groups in total. The summed E-state index contributed by atoms with van der Waals surface area (Å²) in [7, 11) is -3.68. The fourth-order valence-electron chi connectivity index (χ4n) is 1.92. The minimum absolute atomic E-state index is 0.190. The fourth-order valence-corrected chi connectivity index (χ4v) is 2.93. The fraction of sp³-hybridized carbons (Fsp3) is 0.571. The molecule has 0 aromatic heterocycles. The van der Waals surface area contributed by atoms with Gasteiger partial charge in [-0.25, -0.2) is 13.6 Å². The maximum absolute atomic E-state index is 11.5. The number of hydrogen-bond donors (Lipinski definition) is 1. The molecule has 0 bridgehead atoms. The molecule has 0 amide bonds. The van der Waals surface area contributed by atoms with Gasteiger partial charge in [0, 0.05) is 0 Å². The van der Waals surface area contributed by atoms with Crippen molar-refractivity contribution in [3.8, 4) is 5.75 Å². The first kappa shape index (κ1) is 16.0. The lowest BCUT2D eigenvalue weighted by Crippen LogP contribution is -2.16. The van der Waals surface area contributed by atoms with E-state index >= 15 is 0 Å². The standard InChI is InChI=1S/C14H23NO3S/c1-10-8-12(18-7-6-14(3,4)5)9-11(2)13(10)19(15,16)17/h8-9H,6-7H2,1-5H3,(H2,15,16,17). The molecule has 0 unspecified atom stereocenters. The second kappa shape index (κ2) is 5.51. The zero-order chi connectivity index (χ0) is 14.8. The average molecular weight is 285 g/mol. The number of primary sulfonamides is 1. The van der Waals surface area contributed by atoms with Gasteiger partial charge in [0.25, 0.3) is 0 Å². The third kappa shape index (κ3) is 4.84. The van der Waals surface area contributed by atoms with Gasteiger partial charge in [0.1, 0.15) is 5.75 Å². The van der Waals surface area contributed by atoms with E-state index in [1.54, 1.807) is 26.0 Å². The molecule has 0 aliphatic heterocycles. The number of rotatable bonds is 4. The number of aryl methyl sites for hydroxylation is 2. The summed E-state index contributed by atoms with van der Waals surface area (Å²) in [4.78, 5) is 0.190. The summed E-state index contributed by atoms with van der Waals surface area (Å²) >= 11 is 0. The Morgan fingerprint density at radius 1 is 1.16 bits per heavy atom. The third-order valence-electron chi connectivity index (χ3n) is 2.84. The molecule has 0 saturated heterocycles. The van der Waals surface area contributed by atoms with Crippen LogP contribution in [0.5, 0.6) is 5.75 Å². The lowest BCUT2D eigenvalue weighted by atomic mass is 9.93. The Hall–Kier alpha value is -1.07. The Morgan fingerprint density at radius 3 is 2.00 bits per heavy atom. The van der Waals surface area contributed by atoms with Crippen LogP contribution in [-0.2, 0) is 10.0 Å². The van der Waals surface area contributed by atoms with Gasteiger partial charge in [0.05, 0.1) is 11.5 Å². The van der Waals surface area contributed by atoms with E-state index in [0.29, 0.717) is 23.5 Å². The van der Waals surface area contributed by atoms with Gasteiger partial charge < -0.3 is 4.74 Å². The lowest BCUT2D eigenvalue weighted by molar-refractivity contribution is 0.242. The summed E-state index contributed by atoms with van der Waals surface area (Å²) in [5.41, 5.74) is 1.45. The summed E-state index contributed by atoms with van der Waals surface area (Å²) in [6.45, 7) is 10.5. The van der Waals surface area contributed by atoms with Gasteiger partial charge in [-0.05, 0) is 48.9 Å². The third-order valence-corrected chi connectivity index (χ3v) is 4.05. The Labute approximate surface area is 116 Å². The van der Waals surface area contributed by atoms with E-state index in [1.807, 2.05) is 0 Å². The van der Waals surface area contributed by atoms with Crippen LogP contribution in [0.15, 0.2) is 17.0 Å². The van der Waals surface area contributed by atoms with E-state index in [-0.39, 0.29) is 10.3 Å². The molecule has 5 heteroatoms. The molecule has 1 aromatic carbocycles. The van der Waals surface area contributed by atoms with Crippen LogP contribution < -0.4 is 9.88 Å². The predicted molar refractivity (Wildman–Crippen MR) is 76.9 cm³/mol. The zero-order valence-corrected chi connectivity index (χ0v) is 13.1. The summed E-state index contributed by atoms with van der Waals surface area (Å²) in [6, 6.07) is 3.44. The maximum Gasteiger partial charge on any atom is 0.238 e. The second-order valence-corrected chi connectivity index (χ2v) is 7.59. The highest BCUT2D eigenvalue weighted by Gasteiger charge is 2.16. The predicted octanol–water partition coefficient (Wildman–Crippen LogP) is 2.77. The Balaban J connectivity index is 2.91. The van der Waals surface area contributed by atoms with E-state index in [9.17, 15) is 8.42 Å². The average Bonchev–Trinajstić information content (AvgIpc) is 2.11. The summed E-state index contributed by atoms with van der Waals surface area (Å²) in [5, 5.41) is 5.20. The topological polar surface area (TPSA) is 69.4 Å². The highest BCUT2D eigenvalue weighted by Crippen LogP contribution is 2.26. The van der Waals surface area contributed by atoms with Gasteiger partial charge in [0.2, 0.25) is 10.0 Å². The molecule has 1 aromatic rings. The molecule has 4 nitrogen and oxygen atoms in total. The molecule has 1 rings (SSSR count). The van der Waals surface area contributed by atoms with E-state index in [0.717, 1.165) is 6.42 Å². The summed E-state index contributed by atoms with van der Waals surface area (Å²) in [5.74, 6) is 0.687. The molecule has 0 heterocycles. The van der Waals surface area contributed by atoms with Crippen molar-refractivity contribution < 1.29 is 13.2 Å². The van der Waals surface area contributed by atoms with Crippen LogP contribution in [-0.4, -0.2) is 15.0 Å². The second-order valence-electron chi connectivity index (χ2n) is 6.09. The van der Waals surface area contributed by atoms with Crippen LogP contribution in [0.25, 0.3) is 0 Å². The van der Waals surface area contributed by atoms with Crippen molar-refractivity contribution in [1.29, 1.82) is 0 Å². The highest BCUT2D eigenvalue weighted by molar-refractivity contribution is 7.89. The minimum Gasteiger partial charge on any atom is -0.494 e.